The number of hydrogen-bond donors (Lipinski definition) is 2. The molecule has 0 radical (unpaired) electrons. The molecule has 3 aliphatic rings. The Morgan fingerprint density at radius 3 is 2.63 bits per heavy atom. The fraction of sp³-hybridized carbons (Fsp3) is 0.423. The number of carbonyl (C=O) groups is 3. The monoisotopic (exact) mass is 479 g/mol. The molecule has 2 N–H and O–H groups in total. The third-order valence-corrected chi connectivity index (χ3v) is 6.75. The van der Waals surface area contributed by atoms with Crippen molar-refractivity contribution in [1.29, 1.82) is 0 Å². The summed E-state index contributed by atoms with van der Waals surface area (Å²) in [6.45, 7) is 2.86. The van der Waals surface area contributed by atoms with Gasteiger partial charge in [0.1, 0.15) is 18.5 Å². The molecular formula is C26H29N3O6. The van der Waals surface area contributed by atoms with Crippen molar-refractivity contribution in [3.8, 4) is 5.75 Å². The number of nitrogens with zero attached hydrogens (tertiary/aromatic N) is 1. The van der Waals surface area contributed by atoms with Crippen LogP contribution in [0.15, 0.2) is 36.4 Å². The van der Waals surface area contributed by atoms with E-state index in [4.69, 9.17) is 14.2 Å². The van der Waals surface area contributed by atoms with E-state index in [1.54, 1.807) is 30.1 Å². The molecule has 5 rings (SSSR count). The number of amides is 3. The summed E-state index contributed by atoms with van der Waals surface area (Å²) in [5.74, 6) is -0.0707. The van der Waals surface area contributed by atoms with E-state index in [1.165, 1.54) is 6.92 Å². The van der Waals surface area contributed by atoms with Gasteiger partial charge in [-0.15, -0.1) is 0 Å². The Labute approximate surface area is 203 Å². The first-order chi connectivity index (χ1) is 16.9. The van der Waals surface area contributed by atoms with Crippen molar-refractivity contribution in [2.24, 2.45) is 0 Å². The molecule has 1 fully saturated rings. The molecule has 0 aliphatic carbocycles. The molecular weight excluding hydrogens is 450 g/mol. The molecule has 3 amide bonds. The van der Waals surface area contributed by atoms with E-state index in [-0.39, 0.29) is 49.0 Å². The Kier molecular flexibility index (Phi) is 6.44. The van der Waals surface area contributed by atoms with Gasteiger partial charge in [-0.05, 0) is 54.3 Å². The zero-order valence-corrected chi connectivity index (χ0v) is 19.8. The SMILES string of the molecule is CC(=O)Nc1ccc2c(c1)C(=O)N(C)[C@H]1CC[C@H](CC(=O)Nc3ccc4c(c3)COC4)O[C@@H]1CO2. The number of fused-ring (bicyclic) bond motifs is 3. The van der Waals surface area contributed by atoms with Crippen molar-refractivity contribution in [3.63, 3.8) is 0 Å². The van der Waals surface area contributed by atoms with Crippen LogP contribution >= 0.6 is 0 Å². The number of hydrogen-bond acceptors (Lipinski definition) is 6. The zero-order chi connectivity index (χ0) is 24.5. The highest BCUT2D eigenvalue weighted by Crippen LogP contribution is 2.33. The standard InChI is InChI=1S/C26H29N3O6/c1-15(30)27-19-5-8-23-21(10-19)26(32)29(2)22-7-6-20(35-24(22)14-34-23)11-25(31)28-18-4-3-16-12-33-13-17(16)9-18/h3-5,8-10,20,22,24H,6-7,11-14H2,1-2H3,(H,27,30)(H,28,31)/t20-,22+,24-/m1/s1. The number of rotatable bonds is 4. The number of carbonyl (C=O) groups excluding carboxylic acids is 3. The van der Waals surface area contributed by atoms with Gasteiger partial charge >= 0.3 is 0 Å². The van der Waals surface area contributed by atoms with Gasteiger partial charge in [-0.2, -0.15) is 0 Å². The third kappa shape index (κ3) is 5.01. The number of ether oxygens (including phenoxy) is 3. The van der Waals surface area contributed by atoms with E-state index in [9.17, 15) is 14.4 Å². The summed E-state index contributed by atoms with van der Waals surface area (Å²) in [6, 6.07) is 10.7. The van der Waals surface area contributed by atoms with E-state index in [0.717, 1.165) is 16.8 Å². The van der Waals surface area contributed by atoms with Gasteiger partial charge in [0, 0.05) is 25.3 Å². The highest BCUT2D eigenvalue weighted by molar-refractivity contribution is 5.99. The van der Waals surface area contributed by atoms with Gasteiger partial charge in [0.15, 0.2) is 0 Å². The van der Waals surface area contributed by atoms with E-state index in [1.807, 2.05) is 18.2 Å². The molecule has 0 bridgehead atoms. The Morgan fingerprint density at radius 2 is 1.80 bits per heavy atom. The van der Waals surface area contributed by atoms with Crippen LogP contribution in [0, 0.1) is 0 Å². The largest absolute Gasteiger partial charge is 0.490 e. The number of likely N-dealkylation sites (N-methyl/N-ethyl adjacent to an activating group) is 1. The Balaban J connectivity index is 1.23. The second-order valence-corrected chi connectivity index (χ2v) is 9.29. The van der Waals surface area contributed by atoms with Crippen molar-refractivity contribution in [1.82, 2.24) is 4.90 Å². The molecule has 9 heteroatoms. The van der Waals surface area contributed by atoms with Crippen LogP contribution in [-0.2, 0) is 32.3 Å². The quantitative estimate of drug-likeness (QED) is 0.698. The minimum absolute atomic E-state index is 0.112. The fourth-order valence-corrected chi connectivity index (χ4v) is 4.98. The van der Waals surface area contributed by atoms with Crippen LogP contribution in [-0.4, -0.2) is 54.5 Å². The molecule has 0 spiro atoms. The van der Waals surface area contributed by atoms with Crippen molar-refractivity contribution in [2.75, 3.05) is 24.3 Å². The summed E-state index contributed by atoms with van der Waals surface area (Å²) in [5.41, 5.74) is 3.95. The van der Waals surface area contributed by atoms with Crippen LogP contribution in [0.3, 0.4) is 0 Å². The van der Waals surface area contributed by atoms with E-state index >= 15 is 0 Å². The number of nitrogens with one attached hydrogen (secondary N) is 2. The van der Waals surface area contributed by atoms with Crippen LogP contribution in [0.2, 0.25) is 0 Å². The zero-order valence-electron chi connectivity index (χ0n) is 19.8. The lowest BCUT2D eigenvalue weighted by atomic mass is 9.94. The van der Waals surface area contributed by atoms with Crippen molar-refractivity contribution in [2.45, 2.75) is 57.6 Å². The first kappa shape index (κ1) is 23.3. The lowest BCUT2D eigenvalue weighted by Gasteiger charge is -2.42. The first-order valence-corrected chi connectivity index (χ1v) is 11.8. The number of anilines is 2. The van der Waals surface area contributed by atoms with Crippen LogP contribution in [0.4, 0.5) is 11.4 Å². The predicted molar refractivity (Wildman–Crippen MR) is 128 cm³/mol. The molecule has 184 valence electrons. The molecule has 9 nitrogen and oxygen atoms in total. The van der Waals surface area contributed by atoms with E-state index in [2.05, 4.69) is 10.6 Å². The first-order valence-electron chi connectivity index (χ1n) is 11.8. The van der Waals surface area contributed by atoms with Gasteiger partial charge in [0.05, 0.1) is 37.3 Å². The molecule has 35 heavy (non-hydrogen) atoms. The summed E-state index contributed by atoms with van der Waals surface area (Å²) < 4.78 is 17.7. The average molecular weight is 480 g/mol. The molecule has 0 saturated carbocycles. The molecule has 1 saturated heterocycles. The normalized spacial score (nSPS) is 23.2. The summed E-state index contributed by atoms with van der Waals surface area (Å²) >= 11 is 0. The van der Waals surface area contributed by atoms with Gasteiger partial charge in [0.2, 0.25) is 11.8 Å². The Hall–Kier alpha value is -3.43. The van der Waals surface area contributed by atoms with Crippen molar-refractivity contribution >= 4 is 29.1 Å². The van der Waals surface area contributed by atoms with Crippen LogP contribution in [0.1, 0.15) is 47.7 Å². The summed E-state index contributed by atoms with van der Waals surface area (Å²) in [4.78, 5) is 39.0. The minimum atomic E-state index is -0.351. The van der Waals surface area contributed by atoms with Gasteiger partial charge in [-0.25, -0.2) is 0 Å². The molecule has 0 aromatic heterocycles. The van der Waals surface area contributed by atoms with E-state index < -0.39 is 0 Å². The average Bonchev–Trinajstić information content (AvgIpc) is 3.29. The van der Waals surface area contributed by atoms with Gasteiger partial charge in [0.25, 0.3) is 5.91 Å². The lowest BCUT2D eigenvalue weighted by molar-refractivity contribution is -0.130. The summed E-state index contributed by atoms with van der Waals surface area (Å²) in [7, 11) is 1.76. The second-order valence-electron chi connectivity index (χ2n) is 9.29. The van der Waals surface area contributed by atoms with Crippen LogP contribution in [0.5, 0.6) is 5.75 Å². The number of benzene rings is 2. The maximum Gasteiger partial charge on any atom is 0.257 e. The molecule has 3 heterocycles. The second kappa shape index (κ2) is 9.67. The maximum atomic E-state index is 13.2. The molecule has 0 unspecified atom stereocenters. The minimum Gasteiger partial charge on any atom is -0.490 e. The summed E-state index contributed by atoms with van der Waals surface area (Å²) in [5, 5.41) is 5.66. The maximum absolute atomic E-state index is 13.2. The fourth-order valence-electron chi connectivity index (χ4n) is 4.98. The predicted octanol–water partition coefficient (Wildman–Crippen LogP) is 3.08. The molecule has 2 aromatic rings. The molecule has 3 atom stereocenters. The highest BCUT2D eigenvalue weighted by Gasteiger charge is 2.39. The third-order valence-electron chi connectivity index (χ3n) is 6.75. The van der Waals surface area contributed by atoms with E-state index in [0.29, 0.717) is 43.1 Å². The highest BCUT2D eigenvalue weighted by atomic mass is 16.5. The summed E-state index contributed by atoms with van der Waals surface area (Å²) in [6.07, 6.45) is 0.970. The lowest BCUT2D eigenvalue weighted by Crippen LogP contribution is -2.53. The van der Waals surface area contributed by atoms with Crippen molar-refractivity contribution < 1.29 is 28.6 Å². The molecule has 3 aliphatic heterocycles. The van der Waals surface area contributed by atoms with Gasteiger partial charge in [-0.1, -0.05) is 6.07 Å². The van der Waals surface area contributed by atoms with Crippen LogP contribution in [0.25, 0.3) is 0 Å². The Morgan fingerprint density at radius 1 is 1.03 bits per heavy atom. The topological polar surface area (TPSA) is 106 Å². The van der Waals surface area contributed by atoms with Crippen LogP contribution < -0.4 is 15.4 Å². The smallest absolute Gasteiger partial charge is 0.257 e. The van der Waals surface area contributed by atoms with Crippen molar-refractivity contribution in [3.05, 3.63) is 53.1 Å². The Bertz CT molecular complexity index is 1170. The van der Waals surface area contributed by atoms with Gasteiger partial charge in [-0.3, -0.25) is 14.4 Å². The molecule has 2 aromatic carbocycles. The van der Waals surface area contributed by atoms with Gasteiger partial charge < -0.3 is 29.7 Å².